The normalized spacial score (nSPS) is 19.2. The zero-order valence-electron chi connectivity index (χ0n) is 28.3. The summed E-state index contributed by atoms with van der Waals surface area (Å²) in [5.41, 5.74) is 5.42. The number of hydrogen-bond donors (Lipinski definition) is 1. The molecule has 0 fully saturated rings. The topological polar surface area (TPSA) is 89.9 Å². The molecule has 1 atom stereocenters. The summed E-state index contributed by atoms with van der Waals surface area (Å²) in [6.07, 6.45) is 8.39. The quantitative estimate of drug-likeness (QED) is 0.154. The summed E-state index contributed by atoms with van der Waals surface area (Å²) >= 11 is 0. The second kappa shape index (κ2) is 13.0. The molecule has 0 saturated carbocycles. The number of allylic oxidation sites excluding steroid dienone is 3. The van der Waals surface area contributed by atoms with Crippen LogP contribution in [0, 0.1) is 33.1 Å². The van der Waals surface area contributed by atoms with Crippen molar-refractivity contribution in [2.24, 2.45) is 5.41 Å². The second-order valence-electron chi connectivity index (χ2n) is 13.4. The third-order valence-corrected chi connectivity index (χ3v) is 8.85. The minimum absolute atomic E-state index is 0.223. The lowest BCUT2D eigenvalue weighted by molar-refractivity contribution is -0.140. The van der Waals surface area contributed by atoms with Crippen LogP contribution in [0.2, 0.25) is 0 Å². The number of carboxylic acid groups (broad SMARTS) is 1. The van der Waals surface area contributed by atoms with Crippen molar-refractivity contribution in [1.29, 1.82) is 0 Å². The SMILES string of the molecule is Cc1cc(C(C)(C)c2cc(C)c(C(C)(C)OC(=O)c3ccccc3)c(C)c2)cc(C)c1OC(=O)C1(C)/C=C\C=C(/C(=O)O)C/C=C\1. The third kappa shape index (κ3) is 7.07. The Morgan fingerprint density at radius 2 is 1.35 bits per heavy atom. The maximum Gasteiger partial charge on any atom is 0.338 e. The Bertz CT molecular complexity index is 1720. The lowest BCUT2D eigenvalue weighted by Gasteiger charge is -2.33. The van der Waals surface area contributed by atoms with Gasteiger partial charge in [0.15, 0.2) is 0 Å². The average Bonchev–Trinajstić information content (AvgIpc) is 2.96. The molecule has 1 unspecified atom stereocenters. The molecule has 0 saturated heterocycles. The Morgan fingerprint density at radius 3 is 1.89 bits per heavy atom. The minimum atomic E-state index is -1.04. The molecule has 1 aliphatic carbocycles. The van der Waals surface area contributed by atoms with Crippen LogP contribution in [0.15, 0.2) is 90.6 Å². The van der Waals surface area contributed by atoms with Crippen LogP contribution in [0.25, 0.3) is 0 Å². The minimum Gasteiger partial charge on any atom is -0.478 e. The van der Waals surface area contributed by atoms with Gasteiger partial charge in [-0.05, 0) is 100 Å². The monoisotopic (exact) mass is 620 g/mol. The van der Waals surface area contributed by atoms with Crippen LogP contribution < -0.4 is 4.74 Å². The molecule has 0 aromatic heterocycles. The number of carbonyl (C=O) groups is 3. The summed E-state index contributed by atoms with van der Waals surface area (Å²) in [5.74, 6) is -1.27. The molecule has 1 aliphatic rings. The fourth-order valence-electron chi connectivity index (χ4n) is 6.24. The van der Waals surface area contributed by atoms with Crippen LogP contribution in [0.5, 0.6) is 5.75 Å². The highest BCUT2D eigenvalue weighted by Gasteiger charge is 2.34. The van der Waals surface area contributed by atoms with Gasteiger partial charge in [-0.3, -0.25) is 4.79 Å². The maximum atomic E-state index is 13.4. The number of rotatable bonds is 8. The molecule has 0 amide bonds. The van der Waals surface area contributed by atoms with E-state index in [4.69, 9.17) is 9.47 Å². The number of carbonyl (C=O) groups excluding carboxylic acids is 2. The second-order valence-corrected chi connectivity index (χ2v) is 13.4. The molecular weight excluding hydrogens is 576 g/mol. The van der Waals surface area contributed by atoms with Crippen LogP contribution >= 0.6 is 0 Å². The van der Waals surface area contributed by atoms with Gasteiger partial charge in [0.2, 0.25) is 0 Å². The Kier molecular flexibility index (Phi) is 9.62. The van der Waals surface area contributed by atoms with Crippen molar-refractivity contribution < 1.29 is 29.0 Å². The number of aliphatic carboxylic acids is 1. The summed E-state index contributed by atoms with van der Waals surface area (Å²) in [6, 6.07) is 17.5. The van der Waals surface area contributed by atoms with Crippen molar-refractivity contribution in [2.45, 2.75) is 79.8 Å². The lowest BCUT2D eigenvalue weighted by atomic mass is 9.74. The molecule has 4 rings (SSSR count). The van der Waals surface area contributed by atoms with Crippen molar-refractivity contribution >= 4 is 17.9 Å². The van der Waals surface area contributed by atoms with E-state index < -0.39 is 23.0 Å². The first kappa shape index (κ1) is 34.2. The van der Waals surface area contributed by atoms with E-state index in [0.717, 1.165) is 38.9 Å². The van der Waals surface area contributed by atoms with Crippen LogP contribution in [0.3, 0.4) is 0 Å². The predicted octanol–water partition coefficient (Wildman–Crippen LogP) is 8.78. The van der Waals surface area contributed by atoms with E-state index in [1.54, 1.807) is 43.4 Å². The smallest absolute Gasteiger partial charge is 0.338 e. The van der Waals surface area contributed by atoms with E-state index in [9.17, 15) is 19.5 Å². The molecular formula is C40H44O6. The molecule has 0 spiro atoms. The summed E-state index contributed by atoms with van der Waals surface area (Å²) < 4.78 is 12.0. The molecule has 6 heteroatoms. The molecule has 3 aromatic carbocycles. The molecule has 0 heterocycles. The van der Waals surface area contributed by atoms with Crippen LogP contribution in [0.4, 0.5) is 0 Å². The Morgan fingerprint density at radius 1 is 0.804 bits per heavy atom. The highest BCUT2D eigenvalue weighted by atomic mass is 16.6. The Hall–Kier alpha value is -4.71. The van der Waals surface area contributed by atoms with Crippen molar-refractivity contribution in [2.75, 3.05) is 0 Å². The standard InChI is InChI=1S/C40H44O6/c1-25-21-31(22-26(2)33(25)39(7,8)46-36(43)30-15-11-10-12-16-30)38(5,6)32-23-27(3)34(28(4)24-32)45-37(44)40(9)19-13-17-29(35(41)42)18-14-20-40/h10-17,19-24H,18H2,1-9H3,(H,41,42)/b19-13-,20-14-,29-17-. The van der Waals surface area contributed by atoms with Gasteiger partial charge < -0.3 is 14.6 Å². The first-order valence-corrected chi connectivity index (χ1v) is 15.5. The van der Waals surface area contributed by atoms with Gasteiger partial charge in [0, 0.05) is 16.6 Å². The van der Waals surface area contributed by atoms with E-state index in [1.165, 1.54) is 6.08 Å². The number of carboxylic acids is 1. The van der Waals surface area contributed by atoms with Gasteiger partial charge in [-0.1, -0.05) is 86.7 Å². The van der Waals surface area contributed by atoms with Gasteiger partial charge in [0.25, 0.3) is 0 Å². The number of hydrogen-bond acceptors (Lipinski definition) is 5. The van der Waals surface area contributed by atoms with Crippen molar-refractivity contribution in [3.05, 3.63) is 135 Å². The van der Waals surface area contributed by atoms with Crippen molar-refractivity contribution in [1.82, 2.24) is 0 Å². The molecule has 240 valence electrons. The summed E-state index contributed by atoms with van der Waals surface area (Å²) in [7, 11) is 0. The van der Waals surface area contributed by atoms with E-state index in [0.29, 0.717) is 11.3 Å². The Labute approximate surface area is 272 Å². The predicted molar refractivity (Wildman–Crippen MR) is 181 cm³/mol. The van der Waals surface area contributed by atoms with E-state index in [1.807, 2.05) is 45.9 Å². The van der Waals surface area contributed by atoms with E-state index in [2.05, 4.69) is 52.0 Å². The molecule has 0 radical (unpaired) electrons. The van der Waals surface area contributed by atoms with Gasteiger partial charge in [-0.2, -0.15) is 0 Å². The number of esters is 2. The van der Waals surface area contributed by atoms with Crippen molar-refractivity contribution in [3.63, 3.8) is 0 Å². The van der Waals surface area contributed by atoms with Gasteiger partial charge >= 0.3 is 17.9 Å². The highest BCUT2D eigenvalue weighted by molar-refractivity contribution is 5.90. The zero-order chi connectivity index (χ0) is 34.0. The first-order chi connectivity index (χ1) is 21.5. The van der Waals surface area contributed by atoms with Crippen LogP contribution in [-0.4, -0.2) is 23.0 Å². The zero-order valence-corrected chi connectivity index (χ0v) is 28.3. The number of ether oxygens (including phenoxy) is 2. The lowest BCUT2D eigenvalue weighted by Crippen LogP contribution is -2.29. The summed E-state index contributed by atoms with van der Waals surface area (Å²) in [4.78, 5) is 37.7. The molecule has 6 nitrogen and oxygen atoms in total. The number of benzene rings is 3. The Balaban J connectivity index is 1.60. The van der Waals surface area contributed by atoms with Crippen LogP contribution in [0.1, 0.15) is 90.3 Å². The molecule has 0 aliphatic heterocycles. The summed E-state index contributed by atoms with van der Waals surface area (Å²) in [5, 5.41) is 9.29. The molecule has 1 N–H and O–H groups in total. The summed E-state index contributed by atoms with van der Waals surface area (Å²) in [6.45, 7) is 17.9. The van der Waals surface area contributed by atoms with Gasteiger partial charge in [0.05, 0.1) is 5.56 Å². The van der Waals surface area contributed by atoms with Gasteiger partial charge in [-0.25, -0.2) is 9.59 Å². The number of aryl methyl sites for hydroxylation is 4. The first-order valence-electron chi connectivity index (χ1n) is 15.5. The van der Waals surface area contributed by atoms with Crippen LogP contribution in [-0.2, 0) is 25.3 Å². The third-order valence-electron chi connectivity index (χ3n) is 8.85. The van der Waals surface area contributed by atoms with E-state index in [-0.39, 0.29) is 23.4 Å². The maximum absolute atomic E-state index is 13.4. The van der Waals surface area contributed by atoms with Gasteiger partial charge in [-0.15, -0.1) is 0 Å². The molecule has 0 bridgehead atoms. The fourth-order valence-corrected chi connectivity index (χ4v) is 6.24. The fraction of sp³-hybridized carbons (Fsp3) is 0.325. The highest BCUT2D eigenvalue weighted by Crippen LogP contribution is 2.40. The van der Waals surface area contributed by atoms with E-state index >= 15 is 0 Å². The van der Waals surface area contributed by atoms with Crippen molar-refractivity contribution in [3.8, 4) is 5.75 Å². The largest absolute Gasteiger partial charge is 0.478 e. The molecule has 46 heavy (non-hydrogen) atoms. The average molecular weight is 621 g/mol. The van der Waals surface area contributed by atoms with Gasteiger partial charge in [0.1, 0.15) is 16.8 Å². The molecule has 3 aromatic rings.